The van der Waals surface area contributed by atoms with Crippen LogP contribution in [0.2, 0.25) is 0 Å². The van der Waals surface area contributed by atoms with Crippen LogP contribution in [0.1, 0.15) is 25.3 Å². The van der Waals surface area contributed by atoms with Gasteiger partial charge in [0.15, 0.2) is 0 Å². The summed E-state index contributed by atoms with van der Waals surface area (Å²) in [5, 5.41) is 15.8. The molecule has 1 aliphatic carbocycles. The van der Waals surface area contributed by atoms with Crippen molar-refractivity contribution in [3.63, 3.8) is 0 Å². The summed E-state index contributed by atoms with van der Waals surface area (Å²) in [5.41, 5.74) is 1.07. The molecule has 2 amide bonds. The molecule has 1 heterocycles. The number of aliphatic hydroxyl groups is 1. The molecular formula is C18H22N2O3S. The number of amides is 2. The largest absolute Gasteiger partial charge is 0.391 e. The van der Waals surface area contributed by atoms with Crippen LogP contribution < -0.4 is 5.32 Å². The number of nitrogens with zero attached hydrogens (tertiary/aromatic N) is 1. The molecule has 1 saturated carbocycles. The maximum atomic E-state index is 12.7. The lowest BCUT2D eigenvalue weighted by Crippen LogP contribution is -2.53. The van der Waals surface area contributed by atoms with Crippen molar-refractivity contribution < 1.29 is 14.7 Å². The van der Waals surface area contributed by atoms with Gasteiger partial charge in [-0.1, -0.05) is 18.2 Å². The highest BCUT2D eigenvalue weighted by atomic mass is 32.1. The van der Waals surface area contributed by atoms with Crippen molar-refractivity contribution in [2.24, 2.45) is 5.92 Å². The number of aliphatic hydroxyl groups excluding tert-OH is 1. The van der Waals surface area contributed by atoms with Crippen LogP contribution in [0.3, 0.4) is 0 Å². The van der Waals surface area contributed by atoms with Crippen LogP contribution in [0.5, 0.6) is 0 Å². The summed E-state index contributed by atoms with van der Waals surface area (Å²) in [7, 11) is 1.70. The summed E-state index contributed by atoms with van der Waals surface area (Å²) in [6.07, 6.45) is 0.800. The van der Waals surface area contributed by atoms with Gasteiger partial charge >= 0.3 is 0 Å². The first kappa shape index (κ1) is 16.9. The van der Waals surface area contributed by atoms with Crippen molar-refractivity contribution in [3.8, 4) is 0 Å². The summed E-state index contributed by atoms with van der Waals surface area (Å²) in [4.78, 5) is 26.2. The van der Waals surface area contributed by atoms with Gasteiger partial charge in [0.05, 0.1) is 6.10 Å². The zero-order valence-electron chi connectivity index (χ0n) is 13.9. The normalized spacial score (nSPS) is 16.6. The third kappa shape index (κ3) is 3.60. The third-order valence-electron chi connectivity index (χ3n) is 4.34. The molecule has 1 aromatic carbocycles. The second kappa shape index (κ2) is 6.91. The van der Waals surface area contributed by atoms with Crippen LogP contribution in [0, 0.1) is 5.92 Å². The van der Waals surface area contributed by atoms with E-state index in [2.05, 4.69) is 16.8 Å². The molecule has 24 heavy (non-hydrogen) atoms. The van der Waals surface area contributed by atoms with E-state index in [4.69, 9.17) is 0 Å². The van der Waals surface area contributed by atoms with Crippen LogP contribution in [-0.2, 0) is 16.1 Å². The molecule has 128 valence electrons. The summed E-state index contributed by atoms with van der Waals surface area (Å²) in [6.45, 7) is 1.98. The highest BCUT2D eigenvalue weighted by Gasteiger charge is 2.35. The lowest BCUT2D eigenvalue weighted by molar-refractivity contribution is -0.139. The molecule has 2 N–H and O–H groups in total. The van der Waals surface area contributed by atoms with E-state index in [1.807, 2.05) is 18.2 Å². The van der Waals surface area contributed by atoms with Crippen LogP contribution in [0.15, 0.2) is 29.6 Å². The number of nitrogens with one attached hydrogen (secondary N) is 1. The molecule has 0 spiro atoms. The van der Waals surface area contributed by atoms with Gasteiger partial charge in [0.25, 0.3) is 0 Å². The molecule has 1 aromatic heterocycles. The number of carbonyl (C=O) groups is 2. The fraction of sp³-hybridized carbons (Fsp3) is 0.444. The molecule has 2 unspecified atom stereocenters. The lowest BCUT2D eigenvalue weighted by atomic mass is 10.1. The Morgan fingerprint density at radius 1 is 1.38 bits per heavy atom. The molecule has 5 nitrogen and oxygen atoms in total. The molecule has 2 aromatic rings. The van der Waals surface area contributed by atoms with E-state index in [9.17, 15) is 14.7 Å². The maximum absolute atomic E-state index is 12.7. The topological polar surface area (TPSA) is 69.6 Å². The van der Waals surface area contributed by atoms with E-state index in [1.165, 1.54) is 11.6 Å². The highest BCUT2D eigenvalue weighted by Crippen LogP contribution is 2.29. The van der Waals surface area contributed by atoms with Gasteiger partial charge in [-0.05, 0) is 42.2 Å². The molecule has 1 aliphatic rings. The quantitative estimate of drug-likeness (QED) is 0.842. The minimum absolute atomic E-state index is 0.00479. The number of thiophene rings is 1. The molecule has 3 rings (SSSR count). The summed E-state index contributed by atoms with van der Waals surface area (Å²) in [5.74, 6) is -0.400. The number of benzene rings is 1. The van der Waals surface area contributed by atoms with Gasteiger partial charge in [-0.2, -0.15) is 0 Å². The third-order valence-corrected chi connectivity index (χ3v) is 5.35. The first-order valence-corrected chi connectivity index (χ1v) is 9.04. The molecule has 2 atom stereocenters. The van der Waals surface area contributed by atoms with Crippen LogP contribution in [0.4, 0.5) is 0 Å². The molecule has 1 fully saturated rings. The number of hydrogen-bond donors (Lipinski definition) is 2. The standard InChI is InChI=1S/C18H22N2O3S/c1-11(21)16(19-17(22)12-7-8-12)18(23)20(2)9-13-10-24-15-6-4-3-5-14(13)15/h3-6,10-12,16,21H,7-9H2,1-2H3,(H,19,22). The van der Waals surface area contributed by atoms with Crippen molar-refractivity contribution in [2.75, 3.05) is 7.05 Å². The average molecular weight is 346 g/mol. The zero-order valence-corrected chi connectivity index (χ0v) is 14.7. The van der Waals surface area contributed by atoms with Crippen molar-refractivity contribution >= 4 is 33.2 Å². The Labute approximate surface area is 145 Å². The van der Waals surface area contributed by atoms with Crippen LogP contribution in [-0.4, -0.2) is 41.0 Å². The number of carbonyl (C=O) groups excluding carboxylic acids is 2. The fourth-order valence-corrected chi connectivity index (χ4v) is 3.69. The second-order valence-electron chi connectivity index (χ2n) is 6.45. The van der Waals surface area contributed by atoms with Gasteiger partial charge in [0.1, 0.15) is 6.04 Å². The molecule has 0 aliphatic heterocycles. The Balaban J connectivity index is 1.70. The van der Waals surface area contributed by atoms with E-state index in [0.29, 0.717) is 6.54 Å². The van der Waals surface area contributed by atoms with Gasteiger partial charge in [0, 0.05) is 24.2 Å². The first-order valence-electron chi connectivity index (χ1n) is 8.16. The van der Waals surface area contributed by atoms with Gasteiger partial charge in [-0.25, -0.2) is 0 Å². The minimum atomic E-state index is -0.929. The van der Waals surface area contributed by atoms with E-state index < -0.39 is 12.1 Å². The Morgan fingerprint density at radius 3 is 2.75 bits per heavy atom. The predicted octanol–water partition coefficient (Wildman–Crippen LogP) is 2.14. The number of fused-ring (bicyclic) bond motifs is 1. The monoisotopic (exact) mass is 346 g/mol. The predicted molar refractivity (Wildman–Crippen MR) is 94.6 cm³/mol. The zero-order chi connectivity index (χ0) is 17.3. The Morgan fingerprint density at radius 2 is 2.08 bits per heavy atom. The molecular weight excluding hydrogens is 324 g/mol. The summed E-state index contributed by atoms with van der Waals surface area (Å²) >= 11 is 1.65. The van der Waals surface area contributed by atoms with E-state index in [1.54, 1.807) is 23.3 Å². The summed E-state index contributed by atoms with van der Waals surface area (Å²) in [6, 6.07) is 7.18. The number of rotatable bonds is 6. The van der Waals surface area contributed by atoms with Crippen molar-refractivity contribution in [2.45, 2.75) is 38.5 Å². The fourth-order valence-electron chi connectivity index (χ4n) is 2.73. The van der Waals surface area contributed by atoms with E-state index in [-0.39, 0.29) is 17.7 Å². The Bertz CT molecular complexity index is 752. The van der Waals surface area contributed by atoms with Crippen molar-refractivity contribution in [3.05, 3.63) is 35.2 Å². The first-order chi connectivity index (χ1) is 11.5. The van der Waals surface area contributed by atoms with Crippen LogP contribution in [0.25, 0.3) is 10.1 Å². The SMILES string of the molecule is CC(O)C(NC(=O)C1CC1)C(=O)N(C)Cc1csc2ccccc12. The summed E-state index contributed by atoms with van der Waals surface area (Å²) < 4.78 is 1.18. The molecule has 0 bridgehead atoms. The molecule has 0 saturated heterocycles. The Kier molecular flexibility index (Phi) is 4.87. The van der Waals surface area contributed by atoms with Gasteiger partial charge in [0.2, 0.25) is 11.8 Å². The minimum Gasteiger partial charge on any atom is -0.391 e. The second-order valence-corrected chi connectivity index (χ2v) is 7.36. The van der Waals surface area contributed by atoms with Gasteiger partial charge in [-0.3, -0.25) is 9.59 Å². The molecule has 0 radical (unpaired) electrons. The van der Waals surface area contributed by atoms with Crippen LogP contribution >= 0.6 is 11.3 Å². The Hall–Kier alpha value is -1.92. The van der Waals surface area contributed by atoms with Crippen molar-refractivity contribution in [1.29, 1.82) is 0 Å². The number of hydrogen-bond acceptors (Lipinski definition) is 4. The molecule has 6 heteroatoms. The van der Waals surface area contributed by atoms with Gasteiger partial charge in [-0.15, -0.1) is 11.3 Å². The maximum Gasteiger partial charge on any atom is 0.247 e. The lowest BCUT2D eigenvalue weighted by Gasteiger charge is -2.26. The average Bonchev–Trinajstić information content (AvgIpc) is 3.34. The van der Waals surface area contributed by atoms with E-state index >= 15 is 0 Å². The number of likely N-dealkylation sites (N-methyl/N-ethyl adjacent to an activating group) is 1. The smallest absolute Gasteiger partial charge is 0.247 e. The van der Waals surface area contributed by atoms with E-state index in [0.717, 1.165) is 23.8 Å². The van der Waals surface area contributed by atoms with Gasteiger partial charge < -0.3 is 15.3 Å². The van der Waals surface area contributed by atoms with Crippen molar-refractivity contribution in [1.82, 2.24) is 10.2 Å². The highest BCUT2D eigenvalue weighted by molar-refractivity contribution is 7.17.